The molecule has 1 aromatic heterocycles. The zero-order valence-corrected chi connectivity index (χ0v) is 14.1. The molecule has 0 aliphatic carbocycles. The Kier molecular flexibility index (Phi) is 4.23. The molecule has 0 spiro atoms. The van der Waals surface area contributed by atoms with Crippen molar-refractivity contribution < 1.29 is 23.5 Å². The molecule has 0 fully saturated rings. The zero-order valence-electron chi connectivity index (χ0n) is 14.1. The minimum absolute atomic E-state index is 0.0664. The number of primary amides is 1. The number of nitrogens with two attached hydrogens (primary N) is 1. The molecule has 1 heterocycles. The van der Waals surface area contributed by atoms with Gasteiger partial charge in [0.25, 0.3) is 5.91 Å². The van der Waals surface area contributed by atoms with Gasteiger partial charge in [-0.25, -0.2) is 8.78 Å². The molecule has 0 saturated heterocycles. The van der Waals surface area contributed by atoms with E-state index in [1.54, 1.807) is 13.8 Å². The van der Waals surface area contributed by atoms with Gasteiger partial charge >= 0.3 is 0 Å². The molecule has 1 amide bonds. The summed E-state index contributed by atoms with van der Waals surface area (Å²) in [5.74, 6) is -4.09. The third kappa shape index (κ3) is 2.71. The van der Waals surface area contributed by atoms with Crippen molar-refractivity contribution >= 4 is 22.7 Å². The van der Waals surface area contributed by atoms with Crippen LogP contribution < -0.4 is 5.73 Å². The number of carbonyl (C=O) groups is 2. The van der Waals surface area contributed by atoms with Gasteiger partial charge in [-0.15, -0.1) is 0 Å². The van der Waals surface area contributed by atoms with Crippen LogP contribution >= 0.6 is 0 Å². The number of rotatable bonds is 3. The third-order valence-corrected chi connectivity index (χ3v) is 4.46. The van der Waals surface area contributed by atoms with Gasteiger partial charge in [-0.2, -0.15) is 0 Å². The maximum atomic E-state index is 13.9. The van der Waals surface area contributed by atoms with E-state index in [0.717, 1.165) is 18.2 Å². The molecular formula is C19H16F2N2O3. The quantitative estimate of drug-likeness (QED) is 0.754. The van der Waals surface area contributed by atoms with Gasteiger partial charge in [0, 0.05) is 22.7 Å². The number of amides is 1. The maximum absolute atomic E-state index is 13.9. The summed E-state index contributed by atoms with van der Waals surface area (Å²) in [6.07, 6.45) is 0. The molecule has 3 rings (SSSR count). The monoisotopic (exact) mass is 358 g/mol. The molecule has 26 heavy (non-hydrogen) atoms. The van der Waals surface area contributed by atoms with Crippen molar-refractivity contribution in [2.75, 3.05) is 0 Å². The first kappa shape index (κ1) is 17.6. The van der Waals surface area contributed by atoms with Gasteiger partial charge in [-0.05, 0) is 43.7 Å². The largest absolute Gasteiger partial charge is 0.505 e. The van der Waals surface area contributed by atoms with Gasteiger partial charge in [0.2, 0.25) is 5.91 Å². The van der Waals surface area contributed by atoms with Crippen LogP contribution in [0.2, 0.25) is 0 Å². The first-order valence-electron chi connectivity index (χ1n) is 7.85. The number of benzene rings is 2. The van der Waals surface area contributed by atoms with Gasteiger partial charge in [0.05, 0.1) is 11.4 Å². The second-order valence-electron chi connectivity index (χ2n) is 6.09. The Labute approximate surface area is 147 Å². The number of phenols is 1. The number of aromatic nitrogens is 1. The van der Waals surface area contributed by atoms with Crippen molar-refractivity contribution in [3.8, 4) is 5.75 Å². The average Bonchev–Trinajstić information content (AvgIpc) is 2.85. The Bertz CT molecular complexity index is 1060. The molecule has 0 aliphatic rings. The van der Waals surface area contributed by atoms with E-state index in [1.807, 2.05) is 0 Å². The number of phenolic OH excluding ortho intramolecular Hbond substituents is 1. The van der Waals surface area contributed by atoms with Gasteiger partial charge in [0.1, 0.15) is 5.82 Å². The van der Waals surface area contributed by atoms with Crippen molar-refractivity contribution in [2.24, 2.45) is 5.73 Å². The van der Waals surface area contributed by atoms with Gasteiger partial charge < -0.3 is 10.8 Å². The molecule has 0 saturated carbocycles. The van der Waals surface area contributed by atoms with Crippen LogP contribution in [-0.4, -0.2) is 21.5 Å². The summed E-state index contributed by atoms with van der Waals surface area (Å²) in [5.41, 5.74) is 6.40. The van der Waals surface area contributed by atoms with E-state index >= 15 is 0 Å². The number of carbonyl (C=O) groups excluding carboxylic acids is 2. The third-order valence-electron chi connectivity index (χ3n) is 4.46. The fourth-order valence-electron chi connectivity index (χ4n) is 3.15. The maximum Gasteiger partial charge on any atom is 0.262 e. The van der Waals surface area contributed by atoms with Gasteiger partial charge in [-0.3, -0.25) is 14.2 Å². The molecule has 2 aromatic carbocycles. The number of fused-ring (bicyclic) bond motifs is 1. The minimum Gasteiger partial charge on any atom is -0.505 e. The van der Waals surface area contributed by atoms with E-state index in [0.29, 0.717) is 16.6 Å². The van der Waals surface area contributed by atoms with E-state index in [-0.39, 0.29) is 11.1 Å². The molecule has 0 aliphatic heterocycles. The van der Waals surface area contributed by atoms with E-state index in [4.69, 9.17) is 5.73 Å². The predicted octanol–water partition coefficient (Wildman–Crippen LogP) is 3.21. The average molecular weight is 358 g/mol. The highest BCUT2D eigenvalue weighted by Gasteiger charge is 2.26. The lowest BCUT2D eigenvalue weighted by atomic mass is 9.97. The Morgan fingerprint density at radius 2 is 1.88 bits per heavy atom. The second kappa shape index (κ2) is 6.25. The first-order valence-corrected chi connectivity index (χ1v) is 7.85. The number of nitrogens with zero attached hydrogens (tertiary/aromatic N) is 1. The van der Waals surface area contributed by atoms with E-state index in [2.05, 4.69) is 0 Å². The Morgan fingerprint density at radius 3 is 2.50 bits per heavy atom. The lowest BCUT2D eigenvalue weighted by molar-refractivity contribution is -0.119. The predicted molar refractivity (Wildman–Crippen MR) is 92.0 cm³/mol. The van der Waals surface area contributed by atoms with Crippen molar-refractivity contribution in [1.82, 2.24) is 4.57 Å². The first-order chi connectivity index (χ1) is 12.2. The van der Waals surface area contributed by atoms with Crippen LogP contribution in [-0.2, 0) is 4.79 Å². The summed E-state index contributed by atoms with van der Waals surface area (Å²) in [6.45, 7) is 3.14. The summed E-state index contributed by atoms with van der Waals surface area (Å²) >= 11 is 0. The summed E-state index contributed by atoms with van der Waals surface area (Å²) in [5, 5.41) is 10.1. The highest BCUT2D eigenvalue weighted by molar-refractivity contribution is 6.05. The Morgan fingerprint density at radius 1 is 1.19 bits per heavy atom. The molecular weight excluding hydrogens is 342 g/mol. The summed E-state index contributed by atoms with van der Waals surface area (Å²) < 4.78 is 28.6. The van der Waals surface area contributed by atoms with Crippen molar-refractivity contribution in [3.05, 3.63) is 64.9 Å². The van der Waals surface area contributed by atoms with Crippen LogP contribution in [0.15, 0.2) is 36.4 Å². The van der Waals surface area contributed by atoms with Crippen molar-refractivity contribution in [1.29, 1.82) is 0 Å². The summed E-state index contributed by atoms with van der Waals surface area (Å²) in [7, 11) is 0. The second-order valence-corrected chi connectivity index (χ2v) is 6.09. The fourth-order valence-corrected chi connectivity index (χ4v) is 3.15. The van der Waals surface area contributed by atoms with E-state index in [9.17, 15) is 23.5 Å². The summed E-state index contributed by atoms with van der Waals surface area (Å²) in [4.78, 5) is 24.6. The Balaban J connectivity index is 2.35. The topological polar surface area (TPSA) is 85.3 Å². The molecule has 0 bridgehead atoms. The van der Waals surface area contributed by atoms with Crippen LogP contribution in [0.4, 0.5) is 8.78 Å². The lowest BCUT2D eigenvalue weighted by Gasteiger charge is -2.10. The van der Waals surface area contributed by atoms with Crippen LogP contribution in [0.5, 0.6) is 5.75 Å². The van der Waals surface area contributed by atoms with Crippen LogP contribution in [0.25, 0.3) is 10.9 Å². The van der Waals surface area contributed by atoms with Gasteiger partial charge in [-0.1, -0.05) is 6.07 Å². The molecule has 7 heteroatoms. The molecule has 0 unspecified atom stereocenters. The van der Waals surface area contributed by atoms with Crippen molar-refractivity contribution in [2.45, 2.75) is 19.8 Å². The standard InChI is InChI=1S/C19H16F2N2O3/c1-9(18(22)25)17-10(2)23(15-8-14(21)16(24)7-13(15)17)19(26)11-4-3-5-12(20)6-11/h3-9,24H,1-2H3,(H2,22,25)/t9-/m0/s1. The summed E-state index contributed by atoms with van der Waals surface area (Å²) in [6, 6.07) is 7.26. The van der Waals surface area contributed by atoms with Crippen molar-refractivity contribution in [3.63, 3.8) is 0 Å². The molecule has 5 nitrogen and oxygen atoms in total. The van der Waals surface area contributed by atoms with Crippen LogP contribution in [0.1, 0.15) is 34.5 Å². The van der Waals surface area contributed by atoms with Gasteiger partial charge in [0.15, 0.2) is 11.6 Å². The fraction of sp³-hybridized carbons (Fsp3) is 0.158. The van der Waals surface area contributed by atoms with Crippen LogP contribution in [0.3, 0.4) is 0 Å². The number of aromatic hydroxyl groups is 1. The van der Waals surface area contributed by atoms with Crippen LogP contribution in [0, 0.1) is 18.6 Å². The molecule has 0 radical (unpaired) electrons. The Hall–Kier alpha value is -3.22. The lowest BCUT2D eigenvalue weighted by Crippen LogP contribution is -2.20. The SMILES string of the molecule is Cc1c([C@H](C)C(N)=O)c2cc(O)c(F)cc2n1C(=O)c1cccc(F)c1. The number of hydrogen-bond acceptors (Lipinski definition) is 3. The molecule has 1 atom stereocenters. The number of halogens is 2. The normalized spacial score (nSPS) is 12.3. The van der Waals surface area contributed by atoms with E-state index < -0.39 is 35.1 Å². The molecule has 3 aromatic rings. The van der Waals surface area contributed by atoms with E-state index in [1.165, 1.54) is 22.8 Å². The molecule has 134 valence electrons. The smallest absolute Gasteiger partial charge is 0.262 e. The highest BCUT2D eigenvalue weighted by Crippen LogP contribution is 2.35. The zero-order chi connectivity index (χ0) is 19.2. The minimum atomic E-state index is -0.915. The molecule has 3 N–H and O–H groups in total. The highest BCUT2D eigenvalue weighted by atomic mass is 19.1. The number of hydrogen-bond donors (Lipinski definition) is 2.